The molecule has 1 fully saturated rings. The molecule has 1 aromatic carbocycles. The number of aromatic nitrogens is 6. The second-order valence-electron chi connectivity index (χ2n) is 10.1. The lowest BCUT2D eigenvalue weighted by atomic mass is 10.0. The molecule has 0 amide bonds. The van der Waals surface area contributed by atoms with Crippen molar-refractivity contribution < 1.29 is 5.11 Å². The predicted octanol–water partition coefficient (Wildman–Crippen LogP) is 5.48. The Bertz CT molecular complexity index is 1510. The molecule has 8 heteroatoms. The van der Waals surface area contributed by atoms with Crippen LogP contribution in [-0.4, -0.2) is 47.1 Å². The van der Waals surface area contributed by atoms with E-state index in [1.54, 1.807) is 6.20 Å². The Kier molecular flexibility index (Phi) is 6.18. The van der Waals surface area contributed by atoms with Gasteiger partial charge >= 0.3 is 0 Å². The van der Waals surface area contributed by atoms with Gasteiger partial charge in [-0.15, -0.1) is 5.10 Å². The van der Waals surface area contributed by atoms with Gasteiger partial charge in [-0.25, -0.2) is 9.50 Å². The first kappa shape index (κ1) is 23.4. The number of aliphatic hydroxyl groups excluding tert-OH is 1. The van der Waals surface area contributed by atoms with Gasteiger partial charge in [0.05, 0.1) is 5.69 Å². The molecule has 2 atom stereocenters. The van der Waals surface area contributed by atoms with Crippen molar-refractivity contribution in [2.45, 2.75) is 45.2 Å². The summed E-state index contributed by atoms with van der Waals surface area (Å²) in [6.07, 6.45) is 8.75. The highest BCUT2D eigenvalue weighted by atomic mass is 16.3. The topological polar surface area (TPSA) is 93.2 Å². The monoisotopic (exact) mass is 493 g/mol. The van der Waals surface area contributed by atoms with Crippen molar-refractivity contribution in [3.8, 4) is 33.9 Å². The van der Waals surface area contributed by atoms with E-state index in [9.17, 15) is 5.11 Å². The highest BCUT2D eigenvalue weighted by Crippen LogP contribution is 2.40. The number of rotatable bonds is 7. The number of fused-ring (bicyclic) bond motifs is 1. The molecule has 0 bridgehead atoms. The van der Waals surface area contributed by atoms with Crippen molar-refractivity contribution >= 4 is 11.3 Å². The third-order valence-corrected chi connectivity index (χ3v) is 7.14. The summed E-state index contributed by atoms with van der Waals surface area (Å²) in [7, 11) is 0. The van der Waals surface area contributed by atoms with Crippen LogP contribution in [0.1, 0.15) is 39.2 Å². The molecule has 1 aliphatic carbocycles. The number of aliphatic hydroxyl groups is 1. The molecule has 1 saturated carbocycles. The largest absolute Gasteiger partial charge is 0.396 e. The Morgan fingerprint density at radius 2 is 1.84 bits per heavy atom. The second kappa shape index (κ2) is 9.78. The minimum Gasteiger partial charge on any atom is -0.396 e. The van der Waals surface area contributed by atoms with Crippen LogP contribution in [0.3, 0.4) is 0 Å². The third-order valence-electron chi connectivity index (χ3n) is 7.14. The first-order chi connectivity index (χ1) is 18.1. The maximum atomic E-state index is 9.70. The van der Waals surface area contributed by atoms with Gasteiger partial charge < -0.3 is 10.4 Å². The summed E-state index contributed by atoms with van der Waals surface area (Å²) < 4.78 is 3.90. The van der Waals surface area contributed by atoms with Crippen molar-refractivity contribution in [2.75, 3.05) is 11.9 Å². The Labute approximate surface area is 216 Å². The van der Waals surface area contributed by atoms with Crippen LogP contribution >= 0.6 is 0 Å². The Balaban J connectivity index is 1.58. The van der Waals surface area contributed by atoms with Crippen LogP contribution in [-0.2, 0) is 0 Å². The fourth-order valence-corrected chi connectivity index (χ4v) is 5.21. The molecule has 4 aromatic heterocycles. The van der Waals surface area contributed by atoms with Gasteiger partial charge in [0.25, 0.3) is 0 Å². The zero-order valence-corrected chi connectivity index (χ0v) is 21.1. The van der Waals surface area contributed by atoms with E-state index in [1.807, 2.05) is 51.8 Å². The Morgan fingerprint density at radius 3 is 2.54 bits per heavy atom. The molecule has 0 spiro atoms. The molecule has 1 aliphatic rings. The fraction of sp³-hybridized carbons (Fsp3) is 0.310. The molecule has 2 N–H and O–H groups in total. The highest BCUT2D eigenvalue weighted by molar-refractivity contribution is 5.98. The molecule has 5 aromatic rings. The van der Waals surface area contributed by atoms with Crippen LogP contribution in [0.4, 0.5) is 5.82 Å². The zero-order chi connectivity index (χ0) is 25.4. The number of hydrogen-bond donors (Lipinski definition) is 2. The molecule has 37 heavy (non-hydrogen) atoms. The first-order valence-electron chi connectivity index (χ1n) is 12.9. The third kappa shape index (κ3) is 4.49. The summed E-state index contributed by atoms with van der Waals surface area (Å²) >= 11 is 0. The van der Waals surface area contributed by atoms with Gasteiger partial charge in [-0.05, 0) is 62.8 Å². The van der Waals surface area contributed by atoms with Gasteiger partial charge in [-0.1, -0.05) is 36.4 Å². The van der Waals surface area contributed by atoms with Crippen LogP contribution in [0.5, 0.6) is 0 Å². The summed E-state index contributed by atoms with van der Waals surface area (Å²) in [5.41, 5.74) is 5.64. The van der Waals surface area contributed by atoms with Crippen molar-refractivity contribution in [3.05, 3.63) is 73.2 Å². The number of benzene rings is 1. The Hall–Kier alpha value is -4.04. The molecule has 0 saturated heterocycles. The minimum atomic E-state index is 0.222. The lowest BCUT2D eigenvalue weighted by molar-refractivity contribution is 0.229. The molecule has 0 radical (unpaired) electrons. The maximum Gasteiger partial charge on any atom is 0.200 e. The first-order valence-corrected chi connectivity index (χ1v) is 12.9. The SMILES string of the molecule is CC(C)n1ccc(-c2cn3nc(-c4ccccn4)nc(N[C@@H]4CC[C@H](CO)C4)c3c2-c2ccccc2)n1. The van der Waals surface area contributed by atoms with Gasteiger partial charge in [0.1, 0.15) is 11.2 Å². The molecule has 4 heterocycles. The predicted molar refractivity (Wildman–Crippen MR) is 145 cm³/mol. The molecular weight excluding hydrogens is 462 g/mol. The van der Waals surface area contributed by atoms with Crippen LogP contribution in [0.15, 0.2) is 73.2 Å². The smallest absolute Gasteiger partial charge is 0.200 e. The van der Waals surface area contributed by atoms with Gasteiger partial charge in [0.15, 0.2) is 5.82 Å². The molecule has 0 unspecified atom stereocenters. The molecular formula is C29H31N7O. The molecule has 188 valence electrons. The van der Waals surface area contributed by atoms with Crippen LogP contribution in [0.25, 0.3) is 39.4 Å². The van der Waals surface area contributed by atoms with Crippen LogP contribution in [0.2, 0.25) is 0 Å². The van der Waals surface area contributed by atoms with Crippen LogP contribution in [0, 0.1) is 5.92 Å². The number of pyridine rings is 1. The van der Waals surface area contributed by atoms with E-state index in [2.05, 4.69) is 48.5 Å². The van der Waals surface area contributed by atoms with Crippen molar-refractivity contribution in [2.24, 2.45) is 5.92 Å². The van der Waals surface area contributed by atoms with Crippen molar-refractivity contribution in [1.29, 1.82) is 0 Å². The van der Waals surface area contributed by atoms with E-state index < -0.39 is 0 Å². The summed E-state index contributed by atoms with van der Waals surface area (Å²) in [4.78, 5) is 9.53. The van der Waals surface area contributed by atoms with E-state index >= 15 is 0 Å². The minimum absolute atomic E-state index is 0.222. The molecule has 0 aliphatic heterocycles. The summed E-state index contributed by atoms with van der Waals surface area (Å²) in [6, 6.07) is 18.7. The number of anilines is 1. The van der Waals surface area contributed by atoms with Gasteiger partial charge in [0.2, 0.25) is 5.82 Å². The number of hydrogen-bond acceptors (Lipinski definition) is 6. The maximum absolute atomic E-state index is 9.70. The van der Waals surface area contributed by atoms with Gasteiger partial charge in [-0.2, -0.15) is 5.10 Å². The quantitative estimate of drug-likeness (QED) is 0.312. The second-order valence-corrected chi connectivity index (χ2v) is 10.1. The summed E-state index contributed by atoms with van der Waals surface area (Å²) in [6.45, 7) is 4.47. The van der Waals surface area contributed by atoms with E-state index in [0.717, 1.165) is 53.0 Å². The normalized spacial score (nSPS) is 17.6. The number of nitrogens with one attached hydrogen (secondary N) is 1. The number of nitrogens with zero attached hydrogens (tertiary/aromatic N) is 6. The Morgan fingerprint density at radius 1 is 1.00 bits per heavy atom. The van der Waals surface area contributed by atoms with Crippen molar-refractivity contribution in [1.82, 2.24) is 29.4 Å². The lowest BCUT2D eigenvalue weighted by Gasteiger charge is -2.16. The van der Waals surface area contributed by atoms with E-state index in [1.165, 1.54) is 0 Å². The standard InChI is InChI=1S/C29H31N7O/c1-19(2)35-15-13-24(33-35)23-17-36-27(26(23)21-8-4-3-5-9-21)29(31-22-12-11-20(16-22)18-37)32-28(34-36)25-10-6-7-14-30-25/h3-10,13-15,17,19-20,22,37H,11-12,16,18H2,1-2H3,(H,31,32,34)/t20-,22+/m0/s1. The van der Waals surface area contributed by atoms with E-state index in [-0.39, 0.29) is 18.7 Å². The average Bonchev–Trinajstić information content (AvgIpc) is 3.68. The highest BCUT2D eigenvalue weighted by Gasteiger charge is 2.27. The van der Waals surface area contributed by atoms with E-state index in [4.69, 9.17) is 15.2 Å². The fourth-order valence-electron chi connectivity index (χ4n) is 5.21. The summed E-state index contributed by atoms with van der Waals surface area (Å²) in [5, 5.41) is 23.2. The van der Waals surface area contributed by atoms with Crippen LogP contribution < -0.4 is 5.32 Å². The zero-order valence-electron chi connectivity index (χ0n) is 21.1. The van der Waals surface area contributed by atoms with E-state index in [0.29, 0.717) is 17.4 Å². The van der Waals surface area contributed by atoms with Crippen molar-refractivity contribution in [3.63, 3.8) is 0 Å². The summed E-state index contributed by atoms with van der Waals surface area (Å²) in [5.74, 6) is 1.65. The van der Waals surface area contributed by atoms with Gasteiger partial charge in [-0.3, -0.25) is 9.67 Å². The average molecular weight is 494 g/mol. The molecule has 6 rings (SSSR count). The van der Waals surface area contributed by atoms with Gasteiger partial charge in [0, 0.05) is 48.4 Å². The molecule has 8 nitrogen and oxygen atoms in total. The lowest BCUT2D eigenvalue weighted by Crippen LogP contribution is -2.18.